The molecule has 0 spiro atoms. The lowest BCUT2D eigenvalue weighted by Gasteiger charge is -2.19. The minimum Gasteiger partial charge on any atom is -0.493 e. The van der Waals surface area contributed by atoms with Crippen LogP contribution in [0.2, 0.25) is 10.0 Å². The largest absolute Gasteiger partial charge is 0.493 e. The maximum Gasteiger partial charge on any atom is 0.329 e. The highest BCUT2D eigenvalue weighted by atomic mass is 35.5. The van der Waals surface area contributed by atoms with Crippen LogP contribution in [0.4, 0.5) is 4.79 Å². The van der Waals surface area contributed by atoms with Gasteiger partial charge in [0.1, 0.15) is 12.6 Å². The van der Waals surface area contributed by atoms with Crippen LogP contribution in [-0.2, 0) is 27.4 Å². The number of rotatable bonds is 10. The number of allylic oxidation sites excluding steroid dienone is 1. The van der Waals surface area contributed by atoms with Crippen molar-refractivity contribution in [3.05, 3.63) is 74.6 Å². The number of carbonyl (C=O) groups excluding carboxylic acids is 3. The summed E-state index contributed by atoms with van der Waals surface area (Å²) in [5.74, 6) is -0.264. The van der Waals surface area contributed by atoms with Crippen LogP contribution in [0, 0.1) is 0 Å². The molecule has 2 aromatic carbocycles. The molecule has 0 unspecified atom stereocenters. The van der Waals surface area contributed by atoms with Gasteiger partial charge in [0.25, 0.3) is 11.1 Å². The highest BCUT2D eigenvalue weighted by molar-refractivity contribution is 8.18. The average Bonchev–Trinajstić information content (AvgIpc) is 3.11. The summed E-state index contributed by atoms with van der Waals surface area (Å²) in [6, 6.07) is 7.66. The molecule has 1 aliphatic rings. The zero-order chi connectivity index (χ0) is 26.4. The van der Waals surface area contributed by atoms with Gasteiger partial charge in [0.15, 0.2) is 11.5 Å². The Morgan fingerprint density at radius 1 is 1.19 bits per heavy atom. The van der Waals surface area contributed by atoms with Gasteiger partial charge < -0.3 is 14.2 Å². The first-order valence-corrected chi connectivity index (χ1v) is 12.6. The zero-order valence-corrected chi connectivity index (χ0v) is 22.3. The molecule has 1 atom stereocenters. The van der Waals surface area contributed by atoms with Gasteiger partial charge in [-0.3, -0.25) is 14.5 Å². The first kappa shape index (κ1) is 27.6. The van der Waals surface area contributed by atoms with Crippen molar-refractivity contribution in [1.82, 2.24) is 4.90 Å². The van der Waals surface area contributed by atoms with Crippen molar-refractivity contribution in [2.75, 3.05) is 13.7 Å². The average molecular weight is 550 g/mol. The van der Waals surface area contributed by atoms with Gasteiger partial charge in [-0.2, -0.15) is 0 Å². The molecule has 2 aromatic rings. The number of imide groups is 1. The lowest BCUT2D eigenvalue weighted by molar-refractivity contribution is -0.150. The summed E-state index contributed by atoms with van der Waals surface area (Å²) in [6.45, 7) is 7.26. The van der Waals surface area contributed by atoms with Gasteiger partial charge in [-0.15, -0.1) is 6.58 Å². The van der Waals surface area contributed by atoms with E-state index in [1.807, 2.05) is 6.07 Å². The number of thioether (sulfide) groups is 1. The lowest BCUT2D eigenvalue weighted by atomic mass is 10.0. The third-order valence-corrected chi connectivity index (χ3v) is 6.73. The molecule has 1 aliphatic heterocycles. The molecule has 0 radical (unpaired) electrons. The summed E-state index contributed by atoms with van der Waals surface area (Å²) in [5, 5.41) is 0.472. The number of halogens is 2. The van der Waals surface area contributed by atoms with E-state index in [4.69, 9.17) is 37.4 Å². The molecule has 3 rings (SSSR count). The third kappa shape index (κ3) is 6.24. The van der Waals surface area contributed by atoms with Crippen LogP contribution in [0.3, 0.4) is 0 Å². The van der Waals surface area contributed by atoms with E-state index in [1.165, 1.54) is 14.0 Å². The highest BCUT2D eigenvalue weighted by Crippen LogP contribution is 2.38. The van der Waals surface area contributed by atoms with Gasteiger partial charge in [-0.1, -0.05) is 35.3 Å². The topological polar surface area (TPSA) is 82.1 Å². The quantitative estimate of drug-likeness (QED) is 0.195. The van der Waals surface area contributed by atoms with Crippen LogP contribution in [0.5, 0.6) is 11.5 Å². The first-order chi connectivity index (χ1) is 17.2. The van der Waals surface area contributed by atoms with Crippen molar-refractivity contribution in [1.29, 1.82) is 0 Å². The second-order valence-electron chi connectivity index (χ2n) is 7.71. The van der Waals surface area contributed by atoms with E-state index in [1.54, 1.807) is 43.3 Å². The Morgan fingerprint density at radius 2 is 1.94 bits per heavy atom. The zero-order valence-electron chi connectivity index (χ0n) is 20.0. The van der Waals surface area contributed by atoms with E-state index in [0.717, 1.165) is 27.8 Å². The van der Waals surface area contributed by atoms with E-state index in [0.29, 0.717) is 33.5 Å². The van der Waals surface area contributed by atoms with E-state index in [9.17, 15) is 14.4 Å². The number of carbonyl (C=O) groups is 3. The molecule has 0 aliphatic carbocycles. The Morgan fingerprint density at radius 3 is 2.58 bits per heavy atom. The minimum absolute atomic E-state index is 0.153. The molecular weight excluding hydrogens is 525 g/mol. The molecule has 1 fully saturated rings. The molecule has 0 saturated carbocycles. The van der Waals surface area contributed by atoms with Crippen LogP contribution in [-0.4, -0.2) is 41.8 Å². The second-order valence-corrected chi connectivity index (χ2v) is 9.55. The molecule has 1 heterocycles. The predicted octanol–water partition coefficient (Wildman–Crippen LogP) is 6.30. The standard InChI is InChI=1S/C26H25Cl2NO6S/c1-5-7-17-10-16(12-22-24(30)29(26(32)36-22)15(3)25(31)34-6-2)11-21(33-4)23(17)35-14-18-8-9-19(27)13-20(18)28/h5,8-13,15H,1,6-7,14H2,2-4H3/b22-12+/t15-/m1/s1. The van der Waals surface area contributed by atoms with Crippen molar-refractivity contribution in [2.24, 2.45) is 0 Å². The van der Waals surface area contributed by atoms with E-state index in [2.05, 4.69) is 6.58 Å². The van der Waals surface area contributed by atoms with Gasteiger partial charge in [0.2, 0.25) is 0 Å². The fourth-order valence-corrected chi connectivity index (χ4v) is 4.88. The summed E-state index contributed by atoms with van der Waals surface area (Å²) in [4.78, 5) is 38.6. The monoisotopic (exact) mass is 549 g/mol. The molecule has 1 saturated heterocycles. The van der Waals surface area contributed by atoms with Gasteiger partial charge in [-0.05, 0) is 67.9 Å². The van der Waals surface area contributed by atoms with Crippen LogP contribution >= 0.6 is 35.0 Å². The number of nitrogens with zero attached hydrogens (tertiary/aromatic N) is 1. The summed E-state index contributed by atoms with van der Waals surface area (Å²) in [7, 11) is 1.51. The van der Waals surface area contributed by atoms with Gasteiger partial charge in [0.05, 0.1) is 18.6 Å². The fraction of sp³-hybridized carbons (Fsp3) is 0.269. The fourth-order valence-electron chi connectivity index (χ4n) is 3.51. The Bertz CT molecular complexity index is 1230. The summed E-state index contributed by atoms with van der Waals surface area (Å²) in [5.41, 5.74) is 2.14. The smallest absolute Gasteiger partial charge is 0.329 e. The highest BCUT2D eigenvalue weighted by Gasteiger charge is 2.41. The molecule has 190 valence electrons. The number of ether oxygens (including phenoxy) is 3. The maximum absolute atomic E-state index is 12.9. The van der Waals surface area contributed by atoms with E-state index in [-0.39, 0.29) is 18.1 Å². The number of methoxy groups -OCH3 is 1. The normalized spacial score (nSPS) is 15.2. The summed E-state index contributed by atoms with van der Waals surface area (Å²) in [6.07, 6.45) is 3.76. The Labute approximate surface area is 224 Å². The van der Waals surface area contributed by atoms with Crippen LogP contribution in [0.25, 0.3) is 6.08 Å². The van der Waals surface area contributed by atoms with Crippen molar-refractivity contribution in [3.8, 4) is 11.5 Å². The number of benzene rings is 2. The molecule has 0 aromatic heterocycles. The molecule has 0 bridgehead atoms. The number of hydrogen-bond donors (Lipinski definition) is 0. The molecular formula is C26H25Cl2NO6S. The Hall–Kier alpha value is -2.94. The first-order valence-electron chi connectivity index (χ1n) is 11.0. The van der Waals surface area contributed by atoms with Crippen molar-refractivity contribution < 1.29 is 28.6 Å². The number of amides is 2. The Kier molecular flexibility index (Phi) is 9.48. The summed E-state index contributed by atoms with van der Waals surface area (Å²) < 4.78 is 16.6. The van der Waals surface area contributed by atoms with Crippen molar-refractivity contribution >= 4 is 58.2 Å². The van der Waals surface area contributed by atoms with Crippen LogP contribution in [0.1, 0.15) is 30.5 Å². The molecule has 36 heavy (non-hydrogen) atoms. The van der Waals surface area contributed by atoms with E-state index >= 15 is 0 Å². The molecule has 10 heteroatoms. The maximum atomic E-state index is 12.9. The number of hydrogen-bond acceptors (Lipinski definition) is 7. The second kappa shape index (κ2) is 12.3. The van der Waals surface area contributed by atoms with Crippen molar-refractivity contribution in [2.45, 2.75) is 32.9 Å². The van der Waals surface area contributed by atoms with Gasteiger partial charge in [-0.25, -0.2) is 4.79 Å². The predicted molar refractivity (Wildman–Crippen MR) is 142 cm³/mol. The van der Waals surface area contributed by atoms with E-state index < -0.39 is 23.2 Å². The number of esters is 1. The molecule has 2 amide bonds. The van der Waals surface area contributed by atoms with Crippen LogP contribution in [0.15, 0.2) is 47.9 Å². The van der Waals surface area contributed by atoms with Crippen LogP contribution < -0.4 is 9.47 Å². The SMILES string of the molecule is C=CCc1cc(/C=C2/SC(=O)N([C@H](C)C(=O)OCC)C2=O)cc(OC)c1OCc1ccc(Cl)cc1Cl. The van der Waals surface area contributed by atoms with Gasteiger partial charge >= 0.3 is 5.97 Å². The lowest BCUT2D eigenvalue weighted by Crippen LogP contribution is -2.42. The molecule has 7 nitrogen and oxygen atoms in total. The third-order valence-electron chi connectivity index (χ3n) is 5.26. The van der Waals surface area contributed by atoms with Gasteiger partial charge in [0, 0.05) is 21.2 Å². The molecule has 0 N–H and O–H groups in total. The Balaban J connectivity index is 1.91. The minimum atomic E-state index is -1.02. The summed E-state index contributed by atoms with van der Waals surface area (Å²) >= 11 is 13.0. The van der Waals surface area contributed by atoms with Crippen molar-refractivity contribution in [3.63, 3.8) is 0 Å².